The Morgan fingerprint density at radius 2 is 1.80 bits per heavy atom. The zero-order chi connectivity index (χ0) is 14.9. The van der Waals surface area contributed by atoms with Crippen LogP contribution in [-0.4, -0.2) is 9.97 Å². The van der Waals surface area contributed by atoms with E-state index in [1.165, 1.54) is 0 Å². The van der Waals surface area contributed by atoms with Gasteiger partial charge >= 0.3 is 0 Å². The van der Waals surface area contributed by atoms with Crippen molar-refractivity contribution in [1.82, 2.24) is 9.97 Å². The molecule has 0 saturated carbocycles. The van der Waals surface area contributed by atoms with Crippen molar-refractivity contribution >= 4 is 23.2 Å². The maximum atomic E-state index is 6.25. The average Bonchev–Trinajstić information content (AvgIpc) is 2.36. The lowest BCUT2D eigenvalue weighted by molar-refractivity contribution is 0.453. The molecule has 0 aliphatic heterocycles. The van der Waals surface area contributed by atoms with Crippen LogP contribution in [0.2, 0.25) is 10.3 Å². The summed E-state index contributed by atoms with van der Waals surface area (Å²) in [7, 11) is 0. The highest BCUT2D eigenvalue weighted by molar-refractivity contribution is 6.31. The number of aryl methyl sites for hydroxylation is 2. The fraction of sp³-hybridized carbons (Fsp3) is 0.333. The van der Waals surface area contributed by atoms with Crippen LogP contribution in [0.15, 0.2) is 18.3 Å². The number of nitrogens with zero attached hydrogens (tertiary/aromatic N) is 2. The lowest BCUT2D eigenvalue weighted by Gasteiger charge is -2.14. The molecule has 2 rings (SSSR count). The Bertz CT molecular complexity index is 642. The molecule has 0 atom stereocenters. The van der Waals surface area contributed by atoms with E-state index in [2.05, 4.69) is 23.8 Å². The molecule has 0 unspecified atom stereocenters. The van der Waals surface area contributed by atoms with Crippen LogP contribution in [0, 0.1) is 13.8 Å². The first-order valence-electron chi connectivity index (χ1n) is 6.35. The number of halogens is 2. The molecule has 0 amide bonds. The van der Waals surface area contributed by atoms with Crippen LogP contribution in [0.5, 0.6) is 11.6 Å². The van der Waals surface area contributed by atoms with Crippen molar-refractivity contribution in [3.63, 3.8) is 0 Å². The van der Waals surface area contributed by atoms with Gasteiger partial charge in [0.25, 0.3) is 0 Å². The number of benzene rings is 1. The summed E-state index contributed by atoms with van der Waals surface area (Å²) in [5.41, 5.74) is 2.83. The lowest BCUT2D eigenvalue weighted by Crippen LogP contribution is -1.97. The third-order valence-corrected chi connectivity index (χ3v) is 3.53. The van der Waals surface area contributed by atoms with Crippen LogP contribution >= 0.6 is 23.2 Å². The maximum absolute atomic E-state index is 6.25. The molecule has 5 heteroatoms. The predicted octanol–water partition coefficient (Wildman–Crippen LogP) is 5.32. The van der Waals surface area contributed by atoms with E-state index in [1.807, 2.05) is 26.0 Å². The van der Waals surface area contributed by atoms with Gasteiger partial charge in [0.2, 0.25) is 11.2 Å². The molecular weight excluding hydrogens is 295 g/mol. The van der Waals surface area contributed by atoms with E-state index in [0.29, 0.717) is 11.8 Å². The molecular formula is C15H16Cl2N2O. The third-order valence-electron chi connectivity index (χ3n) is 3.02. The molecule has 1 heterocycles. The highest BCUT2D eigenvalue weighted by Crippen LogP contribution is 2.34. The number of rotatable bonds is 3. The number of hydrogen-bond donors (Lipinski definition) is 0. The Kier molecular flexibility index (Phi) is 4.51. The summed E-state index contributed by atoms with van der Waals surface area (Å²) >= 11 is 12.1. The topological polar surface area (TPSA) is 35.0 Å². The molecule has 0 spiro atoms. The van der Waals surface area contributed by atoms with Gasteiger partial charge in [0.15, 0.2) is 0 Å². The van der Waals surface area contributed by atoms with Gasteiger partial charge in [0.1, 0.15) is 5.75 Å². The minimum absolute atomic E-state index is 0.168. The fourth-order valence-corrected chi connectivity index (χ4v) is 2.40. The van der Waals surface area contributed by atoms with Gasteiger partial charge in [-0.05, 0) is 54.6 Å². The summed E-state index contributed by atoms with van der Waals surface area (Å²) < 4.78 is 5.87. The summed E-state index contributed by atoms with van der Waals surface area (Å²) in [6.07, 6.45) is 1.64. The summed E-state index contributed by atoms with van der Waals surface area (Å²) in [5.74, 6) is 1.52. The van der Waals surface area contributed by atoms with Gasteiger partial charge in [-0.15, -0.1) is 0 Å². The van der Waals surface area contributed by atoms with E-state index in [4.69, 9.17) is 27.9 Å². The van der Waals surface area contributed by atoms with Crippen molar-refractivity contribution in [3.05, 3.63) is 45.3 Å². The average molecular weight is 311 g/mol. The van der Waals surface area contributed by atoms with Crippen molar-refractivity contribution in [2.24, 2.45) is 0 Å². The van der Waals surface area contributed by atoms with Crippen LogP contribution in [0.1, 0.15) is 36.5 Å². The van der Waals surface area contributed by atoms with E-state index in [9.17, 15) is 0 Å². The molecule has 106 valence electrons. The summed E-state index contributed by atoms with van der Waals surface area (Å²) in [4.78, 5) is 8.02. The number of hydrogen-bond acceptors (Lipinski definition) is 3. The van der Waals surface area contributed by atoms with Crippen LogP contribution in [0.4, 0.5) is 0 Å². The largest absolute Gasteiger partial charge is 0.438 e. The van der Waals surface area contributed by atoms with E-state index in [0.717, 1.165) is 27.5 Å². The van der Waals surface area contributed by atoms with Gasteiger partial charge in [-0.1, -0.05) is 25.4 Å². The minimum Gasteiger partial charge on any atom is -0.438 e. The zero-order valence-corrected chi connectivity index (χ0v) is 13.4. The first-order valence-corrected chi connectivity index (χ1v) is 7.11. The zero-order valence-electron chi connectivity index (χ0n) is 11.9. The Morgan fingerprint density at radius 1 is 1.10 bits per heavy atom. The van der Waals surface area contributed by atoms with Crippen molar-refractivity contribution in [1.29, 1.82) is 0 Å². The van der Waals surface area contributed by atoms with E-state index in [1.54, 1.807) is 6.20 Å². The molecule has 20 heavy (non-hydrogen) atoms. The quantitative estimate of drug-likeness (QED) is 0.720. The standard InChI is InChI=1S/C15H16Cl2N2O/c1-8(2)11-6-13(9(3)5-12(11)16)20-14-10(4)7-18-15(17)19-14/h5-8H,1-4H3. The molecule has 0 aliphatic rings. The first kappa shape index (κ1) is 15.1. The second-order valence-corrected chi connectivity index (χ2v) is 5.77. The third kappa shape index (κ3) is 3.22. The molecule has 0 fully saturated rings. The van der Waals surface area contributed by atoms with E-state index >= 15 is 0 Å². The number of ether oxygens (including phenoxy) is 1. The predicted molar refractivity (Wildman–Crippen MR) is 82.1 cm³/mol. The van der Waals surface area contributed by atoms with Crippen molar-refractivity contribution in [2.75, 3.05) is 0 Å². The molecule has 1 aromatic carbocycles. The Labute approximate surface area is 128 Å². The van der Waals surface area contributed by atoms with Crippen LogP contribution < -0.4 is 4.74 Å². The molecule has 0 bridgehead atoms. The highest BCUT2D eigenvalue weighted by atomic mass is 35.5. The maximum Gasteiger partial charge on any atom is 0.226 e. The van der Waals surface area contributed by atoms with Gasteiger partial charge < -0.3 is 4.74 Å². The van der Waals surface area contributed by atoms with Gasteiger partial charge in [-0.3, -0.25) is 0 Å². The van der Waals surface area contributed by atoms with Crippen molar-refractivity contribution < 1.29 is 4.74 Å². The number of aromatic nitrogens is 2. The lowest BCUT2D eigenvalue weighted by atomic mass is 10.0. The van der Waals surface area contributed by atoms with Gasteiger partial charge in [-0.2, -0.15) is 4.98 Å². The van der Waals surface area contributed by atoms with E-state index in [-0.39, 0.29) is 5.28 Å². The highest BCUT2D eigenvalue weighted by Gasteiger charge is 2.12. The minimum atomic E-state index is 0.168. The van der Waals surface area contributed by atoms with Gasteiger partial charge in [-0.25, -0.2) is 4.98 Å². The molecule has 0 aliphatic carbocycles. The second-order valence-electron chi connectivity index (χ2n) is 5.02. The van der Waals surface area contributed by atoms with E-state index < -0.39 is 0 Å². The summed E-state index contributed by atoms with van der Waals surface area (Å²) in [6, 6.07) is 3.86. The fourth-order valence-electron chi connectivity index (χ4n) is 1.83. The molecule has 1 aromatic heterocycles. The van der Waals surface area contributed by atoms with Crippen molar-refractivity contribution in [2.45, 2.75) is 33.6 Å². The van der Waals surface area contributed by atoms with Crippen molar-refractivity contribution in [3.8, 4) is 11.6 Å². The molecule has 0 radical (unpaired) electrons. The smallest absolute Gasteiger partial charge is 0.226 e. The Hall–Kier alpha value is -1.32. The normalized spacial score (nSPS) is 10.9. The van der Waals surface area contributed by atoms with Crippen LogP contribution in [-0.2, 0) is 0 Å². The second kappa shape index (κ2) is 5.98. The Balaban J connectivity index is 2.43. The Morgan fingerprint density at radius 3 is 2.45 bits per heavy atom. The molecule has 0 N–H and O–H groups in total. The first-order chi connectivity index (χ1) is 9.38. The summed E-state index contributed by atoms with van der Waals surface area (Å²) in [5, 5.41) is 0.920. The van der Waals surface area contributed by atoms with Crippen LogP contribution in [0.25, 0.3) is 0 Å². The van der Waals surface area contributed by atoms with Crippen LogP contribution in [0.3, 0.4) is 0 Å². The SMILES string of the molecule is Cc1cc(Cl)c(C(C)C)cc1Oc1nc(Cl)ncc1C. The summed E-state index contributed by atoms with van der Waals surface area (Å²) in [6.45, 7) is 8.00. The molecule has 3 nitrogen and oxygen atoms in total. The monoisotopic (exact) mass is 310 g/mol. The van der Waals surface area contributed by atoms with Gasteiger partial charge in [0, 0.05) is 16.8 Å². The van der Waals surface area contributed by atoms with Gasteiger partial charge in [0.05, 0.1) is 0 Å². The molecule has 2 aromatic rings. The molecule has 0 saturated heterocycles.